The van der Waals surface area contributed by atoms with E-state index < -0.39 is 0 Å². The van der Waals surface area contributed by atoms with Crippen LogP contribution in [0.4, 0.5) is 0 Å². The molecule has 0 aromatic heterocycles. The maximum atomic E-state index is 2.43. The molecular weight excluding hydrogens is 216 g/mol. The van der Waals surface area contributed by atoms with Gasteiger partial charge < -0.3 is 0 Å². The van der Waals surface area contributed by atoms with Crippen molar-refractivity contribution < 1.29 is 0 Å². The maximum Gasteiger partial charge on any atom is 0.0136 e. The second-order valence-corrected chi connectivity index (χ2v) is 6.70. The second-order valence-electron chi connectivity index (χ2n) is 6.70. The van der Waals surface area contributed by atoms with E-state index in [-0.39, 0.29) is 10.8 Å². The molecule has 0 heteroatoms. The Labute approximate surface area is 112 Å². The summed E-state index contributed by atoms with van der Waals surface area (Å²) < 4.78 is 0. The van der Waals surface area contributed by atoms with Crippen molar-refractivity contribution in [3.8, 4) is 0 Å². The molecular formula is C18H26. The molecule has 0 amide bonds. The van der Waals surface area contributed by atoms with Gasteiger partial charge in [-0.15, -0.1) is 0 Å². The number of rotatable bonds is 2. The van der Waals surface area contributed by atoms with Crippen molar-refractivity contribution in [2.45, 2.75) is 65.2 Å². The van der Waals surface area contributed by atoms with Crippen LogP contribution in [0.25, 0.3) is 6.08 Å². The summed E-state index contributed by atoms with van der Waals surface area (Å²) in [5, 5.41) is 0. The summed E-state index contributed by atoms with van der Waals surface area (Å²) in [6.45, 7) is 13.8. The fourth-order valence-corrected chi connectivity index (χ4v) is 3.31. The smallest absolute Gasteiger partial charge is 0.0136 e. The SMILES string of the molecule is CCC1(CC)C=Cc2cc(C(C)(C)C)c(C)cc21. The van der Waals surface area contributed by atoms with E-state index in [9.17, 15) is 0 Å². The summed E-state index contributed by atoms with van der Waals surface area (Å²) >= 11 is 0. The van der Waals surface area contributed by atoms with E-state index in [2.05, 4.69) is 65.8 Å². The third-order valence-corrected chi connectivity index (χ3v) is 4.58. The van der Waals surface area contributed by atoms with E-state index in [4.69, 9.17) is 0 Å². The van der Waals surface area contributed by atoms with Gasteiger partial charge in [0, 0.05) is 5.41 Å². The van der Waals surface area contributed by atoms with Gasteiger partial charge in [0.1, 0.15) is 0 Å². The van der Waals surface area contributed by atoms with Crippen molar-refractivity contribution in [3.63, 3.8) is 0 Å². The normalized spacial score (nSPS) is 17.0. The fraction of sp³-hybridized carbons (Fsp3) is 0.556. The number of benzene rings is 1. The van der Waals surface area contributed by atoms with E-state index >= 15 is 0 Å². The van der Waals surface area contributed by atoms with Crippen LogP contribution in [0.1, 0.15) is 69.7 Å². The zero-order chi connectivity index (χ0) is 13.6. The number of hydrogen-bond donors (Lipinski definition) is 0. The molecule has 0 spiro atoms. The number of aryl methyl sites for hydroxylation is 1. The summed E-state index contributed by atoms with van der Waals surface area (Å²) in [5.41, 5.74) is 6.42. The average Bonchev–Trinajstić information content (AvgIpc) is 2.65. The minimum absolute atomic E-state index is 0.233. The van der Waals surface area contributed by atoms with Gasteiger partial charge in [-0.3, -0.25) is 0 Å². The van der Waals surface area contributed by atoms with Gasteiger partial charge >= 0.3 is 0 Å². The number of fused-ring (bicyclic) bond motifs is 1. The van der Waals surface area contributed by atoms with Crippen LogP contribution in [-0.4, -0.2) is 0 Å². The summed E-state index contributed by atoms with van der Waals surface area (Å²) in [4.78, 5) is 0. The van der Waals surface area contributed by atoms with E-state index in [0.717, 1.165) is 0 Å². The molecule has 1 aliphatic rings. The lowest BCUT2D eigenvalue weighted by Crippen LogP contribution is -2.21. The van der Waals surface area contributed by atoms with Crippen molar-refractivity contribution >= 4 is 6.08 Å². The Kier molecular flexibility index (Phi) is 3.17. The first kappa shape index (κ1) is 13.4. The van der Waals surface area contributed by atoms with Gasteiger partial charge in [0.2, 0.25) is 0 Å². The summed E-state index contributed by atoms with van der Waals surface area (Å²) in [5.74, 6) is 0. The second kappa shape index (κ2) is 4.26. The zero-order valence-electron chi connectivity index (χ0n) is 12.7. The van der Waals surface area contributed by atoms with Crippen LogP contribution in [0.3, 0.4) is 0 Å². The zero-order valence-corrected chi connectivity index (χ0v) is 12.7. The molecule has 2 rings (SSSR count). The molecule has 0 unspecified atom stereocenters. The molecule has 0 radical (unpaired) electrons. The Morgan fingerprint density at radius 2 is 1.67 bits per heavy atom. The fourth-order valence-electron chi connectivity index (χ4n) is 3.31. The molecule has 0 nitrogen and oxygen atoms in total. The molecule has 0 atom stereocenters. The van der Waals surface area contributed by atoms with Crippen LogP contribution in [0.15, 0.2) is 18.2 Å². The molecule has 0 fully saturated rings. The molecule has 98 valence electrons. The van der Waals surface area contributed by atoms with Crippen LogP contribution >= 0.6 is 0 Å². The maximum absolute atomic E-state index is 2.43. The van der Waals surface area contributed by atoms with E-state index in [1.54, 1.807) is 0 Å². The largest absolute Gasteiger partial charge is 0.0733 e. The number of hydrogen-bond acceptors (Lipinski definition) is 0. The van der Waals surface area contributed by atoms with Gasteiger partial charge in [0.05, 0.1) is 0 Å². The highest BCUT2D eigenvalue weighted by molar-refractivity contribution is 5.67. The highest BCUT2D eigenvalue weighted by Gasteiger charge is 2.32. The molecule has 18 heavy (non-hydrogen) atoms. The van der Waals surface area contributed by atoms with Gasteiger partial charge in [-0.2, -0.15) is 0 Å². The Morgan fingerprint density at radius 1 is 1.06 bits per heavy atom. The molecule has 0 saturated carbocycles. The van der Waals surface area contributed by atoms with Crippen LogP contribution < -0.4 is 0 Å². The van der Waals surface area contributed by atoms with Crippen LogP contribution in [0, 0.1) is 6.92 Å². The quantitative estimate of drug-likeness (QED) is 0.653. The predicted octanol–water partition coefficient (Wildman–Crippen LogP) is 5.38. The standard InChI is InChI=1S/C18H26/c1-7-18(8-2)10-9-14-12-15(17(4,5)6)13(3)11-16(14)18/h9-12H,7-8H2,1-6H3. The minimum atomic E-state index is 0.233. The Balaban J connectivity index is 2.59. The lowest BCUT2D eigenvalue weighted by atomic mass is 9.75. The molecule has 0 aliphatic heterocycles. The van der Waals surface area contributed by atoms with Crippen LogP contribution in [0.2, 0.25) is 0 Å². The van der Waals surface area contributed by atoms with Gasteiger partial charge in [0.15, 0.2) is 0 Å². The third kappa shape index (κ3) is 1.92. The predicted molar refractivity (Wildman–Crippen MR) is 81.2 cm³/mol. The van der Waals surface area contributed by atoms with Crippen molar-refractivity contribution in [2.24, 2.45) is 0 Å². The summed E-state index contributed by atoms with van der Waals surface area (Å²) in [6.07, 6.45) is 7.14. The molecule has 0 bridgehead atoms. The molecule has 0 heterocycles. The Hall–Kier alpha value is -1.04. The monoisotopic (exact) mass is 242 g/mol. The Bertz CT molecular complexity index is 479. The highest BCUT2D eigenvalue weighted by Crippen LogP contribution is 2.43. The highest BCUT2D eigenvalue weighted by atomic mass is 14.4. The average molecular weight is 242 g/mol. The van der Waals surface area contributed by atoms with Gasteiger partial charge in [-0.1, -0.05) is 58.9 Å². The van der Waals surface area contributed by atoms with Gasteiger partial charge in [-0.05, 0) is 47.4 Å². The summed E-state index contributed by atoms with van der Waals surface area (Å²) in [6, 6.07) is 4.84. The first-order chi connectivity index (χ1) is 8.34. The molecule has 1 aliphatic carbocycles. The molecule has 0 saturated heterocycles. The topological polar surface area (TPSA) is 0 Å². The molecule has 0 N–H and O–H groups in total. The first-order valence-electron chi connectivity index (χ1n) is 7.19. The molecule has 1 aromatic rings. The number of allylic oxidation sites excluding steroid dienone is 1. The first-order valence-corrected chi connectivity index (χ1v) is 7.19. The third-order valence-electron chi connectivity index (χ3n) is 4.58. The van der Waals surface area contributed by atoms with Crippen molar-refractivity contribution in [3.05, 3.63) is 40.5 Å². The van der Waals surface area contributed by atoms with Crippen LogP contribution in [0.5, 0.6) is 0 Å². The summed E-state index contributed by atoms with van der Waals surface area (Å²) in [7, 11) is 0. The minimum Gasteiger partial charge on any atom is -0.0733 e. The van der Waals surface area contributed by atoms with Gasteiger partial charge in [0.25, 0.3) is 0 Å². The van der Waals surface area contributed by atoms with Crippen molar-refractivity contribution in [2.75, 3.05) is 0 Å². The lowest BCUT2D eigenvalue weighted by molar-refractivity contribution is 0.504. The van der Waals surface area contributed by atoms with Gasteiger partial charge in [-0.25, -0.2) is 0 Å². The molecule has 1 aromatic carbocycles. The van der Waals surface area contributed by atoms with E-state index in [1.807, 2.05) is 0 Å². The Morgan fingerprint density at radius 3 is 2.17 bits per heavy atom. The van der Waals surface area contributed by atoms with E-state index in [0.29, 0.717) is 0 Å². The van der Waals surface area contributed by atoms with Crippen LogP contribution in [-0.2, 0) is 10.8 Å². The lowest BCUT2D eigenvalue weighted by Gasteiger charge is -2.29. The van der Waals surface area contributed by atoms with E-state index in [1.165, 1.54) is 35.1 Å². The van der Waals surface area contributed by atoms with Crippen molar-refractivity contribution in [1.82, 2.24) is 0 Å². The van der Waals surface area contributed by atoms with Crippen molar-refractivity contribution in [1.29, 1.82) is 0 Å².